The Balaban J connectivity index is 1.60. The molecule has 1 fully saturated rings. The third-order valence-electron chi connectivity index (χ3n) is 4.68. The molecule has 4 nitrogen and oxygen atoms in total. The molecule has 0 radical (unpaired) electrons. The Labute approximate surface area is 152 Å². The smallest absolute Gasteiger partial charge is 0.255 e. The Morgan fingerprint density at radius 3 is 2.38 bits per heavy atom. The van der Waals surface area contributed by atoms with E-state index in [9.17, 15) is 9.59 Å². The van der Waals surface area contributed by atoms with Crippen molar-refractivity contribution in [3.05, 3.63) is 46.0 Å². The highest BCUT2D eigenvalue weighted by Crippen LogP contribution is 2.27. The monoisotopic (exact) mass is 366 g/mol. The molecule has 6 heteroatoms. The van der Waals surface area contributed by atoms with Gasteiger partial charge >= 0.3 is 0 Å². The molecule has 0 bridgehead atoms. The van der Waals surface area contributed by atoms with Gasteiger partial charge < -0.3 is 9.80 Å². The molecule has 0 saturated carbocycles. The highest BCUT2D eigenvalue weighted by molar-refractivity contribution is 6.43. The molecule has 1 aromatic carbocycles. The largest absolute Gasteiger partial charge is 0.339 e. The zero-order chi connectivity index (χ0) is 17.1. The van der Waals surface area contributed by atoms with E-state index in [1.807, 2.05) is 4.90 Å². The van der Waals surface area contributed by atoms with Gasteiger partial charge in [-0.3, -0.25) is 9.59 Å². The maximum atomic E-state index is 12.6. The summed E-state index contributed by atoms with van der Waals surface area (Å²) in [5, 5.41) is 0.665. The molecule has 0 N–H and O–H groups in total. The summed E-state index contributed by atoms with van der Waals surface area (Å²) in [5.41, 5.74) is 0.418. The summed E-state index contributed by atoms with van der Waals surface area (Å²) in [6.07, 6.45) is 6.95. The van der Waals surface area contributed by atoms with Gasteiger partial charge in [-0.2, -0.15) is 0 Å². The number of halogens is 2. The van der Waals surface area contributed by atoms with Crippen molar-refractivity contribution in [2.45, 2.75) is 19.3 Å². The van der Waals surface area contributed by atoms with Gasteiger partial charge in [0.15, 0.2) is 0 Å². The van der Waals surface area contributed by atoms with E-state index in [-0.39, 0.29) is 22.8 Å². The van der Waals surface area contributed by atoms with E-state index in [0.717, 1.165) is 19.3 Å². The minimum atomic E-state index is -0.129. The van der Waals surface area contributed by atoms with Gasteiger partial charge in [0.1, 0.15) is 0 Å². The quantitative estimate of drug-likeness (QED) is 0.749. The van der Waals surface area contributed by atoms with Crippen LogP contribution < -0.4 is 0 Å². The number of rotatable bonds is 2. The minimum absolute atomic E-state index is 0.0969. The first-order valence-electron chi connectivity index (χ1n) is 8.25. The van der Waals surface area contributed by atoms with Crippen molar-refractivity contribution in [1.29, 1.82) is 0 Å². The highest BCUT2D eigenvalue weighted by atomic mass is 35.5. The fraction of sp³-hybridized carbons (Fsp3) is 0.444. The van der Waals surface area contributed by atoms with Gasteiger partial charge in [-0.25, -0.2) is 0 Å². The molecule has 1 atom stereocenters. The molecule has 128 valence electrons. The number of carbonyl (C=O) groups excluding carboxylic acids is 2. The Morgan fingerprint density at radius 1 is 1.00 bits per heavy atom. The average Bonchev–Trinajstić information content (AvgIpc) is 2.64. The summed E-state index contributed by atoms with van der Waals surface area (Å²) < 4.78 is 0. The molecule has 1 aliphatic carbocycles. The van der Waals surface area contributed by atoms with Crippen LogP contribution >= 0.6 is 23.2 Å². The van der Waals surface area contributed by atoms with E-state index >= 15 is 0 Å². The first-order chi connectivity index (χ1) is 11.6. The van der Waals surface area contributed by atoms with Gasteiger partial charge in [-0.15, -0.1) is 0 Å². The summed E-state index contributed by atoms with van der Waals surface area (Å²) in [7, 11) is 0. The first kappa shape index (κ1) is 17.3. The van der Waals surface area contributed by atoms with Crippen molar-refractivity contribution in [1.82, 2.24) is 9.80 Å². The van der Waals surface area contributed by atoms with Gasteiger partial charge in [0.25, 0.3) is 5.91 Å². The summed E-state index contributed by atoms with van der Waals surface area (Å²) >= 11 is 12.1. The predicted octanol–water partition coefficient (Wildman–Crippen LogP) is 3.63. The fourth-order valence-electron chi connectivity index (χ4n) is 3.25. The van der Waals surface area contributed by atoms with Crippen LogP contribution in [0.25, 0.3) is 0 Å². The fourth-order valence-corrected chi connectivity index (χ4v) is 3.63. The maximum Gasteiger partial charge on any atom is 0.255 e. The summed E-state index contributed by atoms with van der Waals surface area (Å²) in [6.45, 7) is 2.19. The Bertz CT molecular complexity index is 667. The minimum Gasteiger partial charge on any atom is -0.339 e. The zero-order valence-electron chi connectivity index (χ0n) is 13.4. The molecule has 1 saturated heterocycles. The molecule has 24 heavy (non-hydrogen) atoms. The van der Waals surface area contributed by atoms with Crippen molar-refractivity contribution < 1.29 is 9.59 Å². The number of nitrogens with zero attached hydrogens (tertiary/aromatic N) is 2. The number of hydrogen-bond donors (Lipinski definition) is 0. The Kier molecular flexibility index (Phi) is 5.47. The lowest BCUT2D eigenvalue weighted by Gasteiger charge is -2.36. The Morgan fingerprint density at radius 2 is 1.71 bits per heavy atom. The van der Waals surface area contributed by atoms with E-state index in [1.54, 1.807) is 23.1 Å². The van der Waals surface area contributed by atoms with Crippen molar-refractivity contribution in [3.8, 4) is 0 Å². The summed E-state index contributed by atoms with van der Waals surface area (Å²) in [5.74, 6) is 0.182. The second-order valence-corrected chi connectivity index (χ2v) is 6.99. The number of allylic oxidation sites excluding steroid dienone is 2. The lowest BCUT2D eigenvalue weighted by Crippen LogP contribution is -2.52. The Hall–Kier alpha value is -1.52. The van der Waals surface area contributed by atoms with Gasteiger partial charge in [-0.1, -0.05) is 41.4 Å². The van der Waals surface area contributed by atoms with Crippen LogP contribution in [-0.2, 0) is 4.79 Å². The molecule has 1 heterocycles. The average molecular weight is 367 g/mol. The standard InChI is InChI=1S/C18H20Cl2N2O2/c19-15-8-4-7-14(16(15)20)18(24)22-11-9-21(10-12-22)17(23)13-5-2-1-3-6-13/h1-2,4,7-8,13H,3,5-6,9-12H2. The van der Waals surface area contributed by atoms with Gasteiger partial charge in [0.05, 0.1) is 15.6 Å². The van der Waals surface area contributed by atoms with Gasteiger partial charge in [0.2, 0.25) is 5.91 Å². The first-order valence-corrected chi connectivity index (χ1v) is 9.00. The molecule has 1 aromatic rings. The number of benzene rings is 1. The predicted molar refractivity (Wildman–Crippen MR) is 95.4 cm³/mol. The van der Waals surface area contributed by atoms with Crippen LogP contribution in [0.2, 0.25) is 10.0 Å². The van der Waals surface area contributed by atoms with E-state index in [2.05, 4.69) is 12.2 Å². The molecule has 3 rings (SSSR count). The third-order valence-corrected chi connectivity index (χ3v) is 5.50. The zero-order valence-corrected chi connectivity index (χ0v) is 14.9. The molecule has 1 aliphatic heterocycles. The number of piperazine rings is 1. The molecule has 2 amide bonds. The van der Waals surface area contributed by atoms with Crippen LogP contribution in [0.4, 0.5) is 0 Å². The molecule has 0 aromatic heterocycles. The molecule has 2 aliphatic rings. The SMILES string of the molecule is O=C(c1cccc(Cl)c1Cl)N1CCN(C(=O)C2CC=CCC2)CC1. The normalized spacial score (nSPS) is 21.0. The van der Waals surface area contributed by atoms with Crippen molar-refractivity contribution in [3.63, 3.8) is 0 Å². The number of amides is 2. The molecular weight excluding hydrogens is 347 g/mol. The topological polar surface area (TPSA) is 40.6 Å². The van der Waals surface area contributed by atoms with E-state index < -0.39 is 0 Å². The summed E-state index contributed by atoms with van der Waals surface area (Å²) in [4.78, 5) is 28.8. The van der Waals surface area contributed by atoms with Crippen LogP contribution in [0.5, 0.6) is 0 Å². The molecular formula is C18H20Cl2N2O2. The second-order valence-electron chi connectivity index (χ2n) is 6.20. The van der Waals surface area contributed by atoms with E-state index in [4.69, 9.17) is 23.2 Å². The van der Waals surface area contributed by atoms with E-state index in [0.29, 0.717) is 36.8 Å². The number of carbonyl (C=O) groups is 2. The van der Waals surface area contributed by atoms with Gasteiger partial charge in [-0.05, 0) is 31.4 Å². The van der Waals surface area contributed by atoms with Crippen molar-refractivity contribution in [2.24, 2.45) is 5.92 Å². The highest BCUT2D eigenvalue weighted by Gasteiger charge is 2.29. The van der Waals surface area contributed by atoms with Crippen LogP contribution in [0.15, 0.2) is 30.4 Å². The maximum absolute atomic E-state index is 12.6. The van der Waals surface area contributed by atoms with E-state index in [1.165, 1.54) is 0 Å². The lowest BCUT2D eigenvalue weighted by molar-refractivity contribution is -0.137. The third kappa shape index (κ3) is 3.60. The molecule has 0 spiro atoms. The van der Waals surface area contributed by atoms with Crippen LogP contribution in [-0.4, -0.2) is 47.8 Å². The number of hydrogen-bond acceptors (Lipinski definition) is 2. The van der Waals surface area contributed by atoms with Crippen LogP contribution in [0.3, 0.4) is 0 Å². The van der Waals surface area contributed by atoms with Crippen LogP contribution in [0, 0.1) is 5.92 Å². The lowest BCUT2D eigenvalue weighted by atomic mass is 9.93. The van der Waals surface area contributed by atoms with Crippen LogP contribution in [0.1, 0.15) is 29.6 Å². The molecule has 1 unspecified atom stereocenters. The van der Waals surface area contributed by atoms with Crippen molar-refractivity contribution >= 4 is 35.0 Å². The summed E-state index contributed by atoms with van der Waals surface area (Å²) in [6, 6.07) is 5.07. The second kappa shape index (κ2) is 7.58. The van der Waals surface area contributed by atoms with Crippen molar-refractivity contribution in [2.75, 3.05) is 26.2 Å². The van der Waals surface area contributed by atoms with Gasteiger partial charge in [0, 0.05) is 32.1 Å².